The van der Waals surface area contributed by atoms with Gasteiger partial charge in [-0.3, -0.25) is 0 Å². The number of hydrogen-bond donors (Lipinski definition) is 1. The van der Waals surface area contributed by atoms with Gasteiger partial charge in [0.1, 0.15) is 5.75 Å². The van der Waals surface area contributed by atoms with Crippen molar-refractivity contribution in [2.75, 3.05) is 6.61 Å². The van der Waals surface area contributed by atoms with E-state index in [2.05, 4.69) is 4.85 Å². The Kier molecular flexibility index (Phi) is 3.69. The minimum absolute atomic E-state index is 0.0783. The Balaban J connectivity index is 3.01. The van der Waals surface area contributed by atoms with Gasteiger partial charge in [-0.05, 0) is 24.6 Å². The molecule has 0 saturated carbocycles. The topological polar surface area (TPSA) is 50.9 Å². The third kappa shape index (κ3) is 2.99. The van der Waals surface area contributed by atoms with Gasteiger partial charge in [0.15, 0.2) is 5.69 Å². The van der Waals surface area contributed by atoms with Gasteiger partial charge >= 0.3 is 5.97 Å². The SMILES string of the molecule is [C-]#[N+]c1cc(OCCC)cc(C(=O)O)c1. The molecule has 4 nitrogen and oxygen atoms in total. The third-order valence-corrected chi connectivity index (χ3v) is 1.74. The van der Waals surface area contributed by atoms with Crippen LogP contribution in [0.3, 0.4) is 0 Å². The van der Waals surface area contributed by atoms with Crippen LogP contribution in [0.4, 0.5) is 5.69 Å². The standard InChI is InChI=1S/C11H11NO3/c1-3-4-15-10-6-8(11(13)14)5-9(7-10)12-2/h5-7H,3-4H2,1H3,(H,13,14). The lowest BCUT2D eigenvalue weighted by Gasteiger charge is -2.06. The van der Waals surface area contributed by atoms with Crippen LogP contribution in [0.25, 0.3) is 4.85 Å². The molecule has 0 bridgehead atoms. The second kappa shape index (κ2) is 5.01. The van der Waals surface area contributed by atoms with Crippen molar-refractivity contribution in [3.63, 3.8) is 0 Å². The summed E-state index contributed by atoms with van der Waals surface area (Å²) in [4.78, 5) is 13.9. The van der Waals surface area contributed by atoms with Gasteiger partial charge in [0.2, 0.25) is 0 Å². The molecule has 0 unspecified atom stereocenters. The summed E-state index contributed by atoms with van der Waals surface area (Å²) in [5, 5.41) is 8.80. The van der Waals surface area contributed by atoms with Crippen LogP contribution < -0.4 is 4.74 Å². The highest BCUT2D eigenvalue weighted by molar-refractivity contribution is 5.89. The highest BCUT2D eigenvalue weighted by atomic mass is 16.5. The summed E-state index contributed by atoms with van der Waals surface area (Å²) in [7, 11) is 0. The number of ether oxygens (including phenoxy) is 1. The average molecular weight is 205 g/mol. The van der Waals surface area contributed by atoms with Gasteiger partial charge < -0.3 is 9.84 Å². The summed E-state index contributed by atoms with van der Waals surface area (Å²) in [6.45, 7) is 9.30. The molecule has 0 aliphatic rings. The molecule has 1 aromatic carbocycles. The quantitative estimate of drug-likeness (QED) is 0.769. The molecule has 1 N–H and O–H groups in total. The van der Waals surface area contributed by atoms with Crippen LogP contribution in [-0.2, 0) is 0 Å². The Labute approximate surface area is 87.9 Å². The zero-order valence-electron chi connectivity index (χ0n) is 8.36. The number of carboxylic acid groups (broad SMARTS) is 1. The summed E-state index contributed by atoms with van der Waals surface area (Å²) in [5.74, 6) is -0.621. The second-order valence-electron chi connectivity index (χ2n) is 2.98. The molecular formula is C11H11NO3. The van der Waals surface area contributed by atoms with Gasteiger partial charge in [-0.25, -0.2) is 9.64 Å². The number of aromatic carboxylic acids is 1. The third-order valence-electron chi connectivity index (χ3n) is 1.74. The van der Waals surface area contributed by atoms with Gasteiger partial charge in [0, 0.05) is 0 Å². The Morgan fingerprint density at radius 3 is 2.80 bits per heavy atom. The van der Waals surface area contributed by atoms with E-state index in [1.807, 2.05) is 6.92 Å². The molecule has 0 fully saturated rings. The van der Waals surface area contributed by atoms with E-state index < -0.39 is 5.97 Å². The van der Waals surface area contributed by atoms with Crippen LogP contribution in [0.2, 0.25) is 0 Å². The van der Waals surface area contributed by atoms with E-state index in [4.69, 9.17) is 16.4 Å². The lowest BCUT2D eigenvalue weighted by Crippen LogP contribution is -1.99. The zero-order valence-corrected chi connectivity index (χ0v) is 8.36. The van der Waals surface area contributed by atoms with E-state index in [0.29, 0.717) is 12.4 Å². The molecule has 4 heteroatoms. The molecule has 0 spiro atoms. The van der Waals surface area contributed by atoms with Gasteiger partial charge in [-0.15, -0.1) is 0 Å². The van der Waals surface area contributed by atoms with Crippen molar-refractivity contribution in [1.82, 2.24) is 0 Å². The monoisotopic (exact) mass is 205 g/mol. The summed E-state index contributed by atoms with van der Waals surface area (Å²) < 4.78 is 5.28. The molecule has 1 aromatic rings. The summed E-state index contributed by atoms with van der Waals surface area (Å²) in [5.41, 5.74) is 0.357. The zero-order chi connectivity index (χ0) is 11.3. The molecular weight excluding hydrogens is 194 g/mol. The Hall–Kier alpha value is -2.02. The van der Waals surface area contributed by atoms with Crippen molar-refractivity contribution in [2.24, 2.45) is 0 Å². The molecule has 0 saturated heterocycles. The van der Waals surface area contributed by atoms with Crippen molar-refractivity contribution >= 4 is 11.7 Å². The minimum Gasteiger partial charge on any atom is -0.495 e. The predicted molar refractivity (Wildman–Crippen MR) is 55.4 cm³/mol. The maximum atomic E-state index is 10.7. The first-order valence-corrected chi connectivity index (χ1v) is 4.56. The Bertz CT molecular complexity index is 407. The fourth-order valence-corrected chi connectivity index (χ4v) is 1.07. The number of rotatable bonds is 4. The average Bonchev–Trinajstić information content (AvgIpc) is 2.25. The van der Waals surface area contributed by atoms with Gasteiger partial charge in [-0.2, -0.15) is 0 Å². The van der Waals surface area contributed by atoms with Crippen molar-refractivity contribution in [3.05, 3.63) is 35.2 Å². The molecule has 0 atom stereocenters. The molecule has 78 valence electrons. The fourth-order valence-electron chi connectivity index (χ4n) is 1.07. The van der Waals surface area contributed by atoms with Crippen molar-refractivity contribution in [3.8, 4) is 5.75 Å². The molecule has 0 aromatic heterocycles. The second-order valence-corrected chi connectivity index (χ2v) is 2.98. The Morgan fingerprint density at radius 2 is 2.27 bits per heavy atom. The van der Waals surface area contributed by atoms with Crippen LogP contribution in [0, 0.1) is 6.57 Å². The normalized spacial score (nSPS) is 9.33. The number of carboxylic acids is 1. The molecule has 0 amide bonds. The van der Waals surface area contributed by atoms with Crippen LogP contribution in [0.1, 0.15) is 23.7 Å². The van der Waals surface area contributed by atoms with Crippen LogP contribution in [-0.4, -0.2) is 17.7 Å². The molecule has 1 rings (SSSR count). The van der Waals surface area contributed by atoms with Crippen molar-refractivity contribution in [2.45, 2.75) is 13.3 Å². The fraction of sp³-hybridized carbons (Fsp3) is 0.273. The van der Waals surface area contributed by atoms with Crippen LogP contribution in [0.5, 0.6) is 5.75 Å². The van der Waals surface area contributed by atoms with E-state index in [1.165, 1.54) is 18.2 Å². The maximum absolute atomic E-state index is 10.7. The van der Waals surface area contributed by atoms with E-state index in [9.17, 15) is 4.79 Å². The van der Waals surface area contributed by atoms with Gasteiger partial charge in [0.05, 0.1) is 18.7 Å². The van der Waals surface area contributed by atoms with Crippen molar-refractivity contribution < 1.29 is 14.6 Å². The summed E-state index contributed by atoms with van der Waals surface area (Å²) in [6.07, 6.45) is 0.838. The van der Waals surface area contributed by atoms with Gasteiger partial charge in [0.25, 0.3) is 0 Å². The molecule has 0 heterocycles. The lowest BCUT2D eigenvalue weighted by molar-refractivity contribution is 0.0696. The molecule has 0 aliphatic carbocycles. The van der Waals surface area contributed by atoms with E-state index in [-0.39, 0.29) is 11.3 Å². The summed E-state index contributed by atoms with van der Waals surface area (Å²) >= 11 is 0. The number of carbonyl (C=O) groups is 1. The van der Waals surface area contributed by atoms with E-state index in [1.54, 1.807) is 0 Å². The highest BCUT2D eigenvalue weighted by Gasteiger charge is 2.07. The molecule has 15 heavy (non-hydrogen) atoms. The number of nitrogens with zero attached hydrogens (tertiary/aromatic N) is 1. The summed E-state index contributed by atoms with van der Waals surface area (Å²) in [6, 6.07) is 4.29. The minimum atomic E-state index is -1.05. The number of hydrogen-bond acceptors (Lipinski definition) is 2. The first-order valence-electron chi connectivity index (χ1n) is 4.56. The van der Waals surface area contributed by atoms with Crippen LogP contribution >= 0.6 is 0 Å². The largest absolute Gasteiger partial charge is 0.495 e. The van der Waals surface area contributed by atoms with Crippen molar-refractivity contribution in [1.29, 1.82) is 0 Å². The smallest absolute Gasteiger partial charge is 0.334 e. The van der Waals surface area contributed by atoms with E-state index in [0.717, 1.165) is 6.42 Å². The van der Waals surface area contributed by atoms with Crippen LogP contribution in [0.15, 0.2) is 18.2 Å². The first kappa shape index (κ1) is 11.1. The maximum Gasteiger partial charge on any atom is 0.334 e. The Morgan fingerprint density at radius 1 is 1.53 bits per heavy atom. The van der Waals surface area contributed by atoms with E-state index >= 15 is 0 Å². The first-order chi connectivity index (χ1) is 7.17. The number of benzene rings is 1. The van der Waals surface area contributed by atoms with Gasteiger partial charge in [-0.1, -0.05) is 6.92 Å². The predicted octanol–water partition coefficient (Wildman–Crippen LogP) is 2.72. The lowest BCUT2D eigenvalue weighted by atomic mass is 10.2. The molecule has 0 aliphatic heterocycles. The highest BCUT2D eigenvalue weighted by Crippen LogP contribution is 2.23. The molecule has 0 radical (unpaired) electrons.